The van der Waals surface area contributed by atoms with Crippen LogP contribution < -0.4 is 4.72 Å². The van der Waals surface area contributed by atoms with Gasteiger partial charge in [0.25, 0.3) is 0 Å². The fraction of sp³-hybridized carbons (Fsp3) is 0.500. The monoisotopic (exact) mass is 215 g/mol. The van der Waals surface area contributed by atoms with Crippen LogP contribution in [0.2, 0.25) is 0 Å². The van der Waals surface area contributed by atoms with E-state index in [1.165, 1.54) is 0 Å². The van der Waals surface area contributed by atoms with Crippen molar-refractivity contribution in [3.8, 4) is 0 Å². The zero-order valence-electron chi connectivity index (χ0n) is 8.35. The van der Waals surface area contributed by atoms with Crippen LogP contribution in [0.1, 0.15) is 25.3 Å². The van der Waals surface area contributed by atoms with Crippen molar-refractivity contribution in [3.63, 3.8) is 0 Å². The van der Waals surface area contributed by atoms with E-state index < -0.39 is 10.0 Å². The van der Waals surface area contributed by atoms with Gasteiger partial charge in [-0.2, -0.15) is 5.10 Å². The maximum absolute atomic E-state index is 10.9. The SMILES string of the molecule is CC(C)c1cnnc(NS(C)(=O)=O)c1. The molecule has 5 nitrogen and oxygen atoms in total. The summed E-state index contributed by atoms with van der Waals surface area (Å²) in [4.78, 5) is 0. The summed E-state index contributed by atoms with van der Waals surface area (Å²) in [5.41, 5.74) is 0.950. The van der Waals surface area contributed by atoms with Gasteiger partial charge in [-0.1, -0.05) is 13.8 Å². The smallest absolute Gasteiger partial charge is 0.231 e. The van der Waals surface area contributed by atoms with Crippen LogP contribution in [0.25, 0.3) is 0 Å². The molecule has 0 saturated carbocycles. The van der Waals surface area contributed by atoms with Crippen LogP contribution in [0.5, 0.6) is 0 Å². The fourth-order valence-electron chi connectivity index (χ4n) is 0.937. The molecule has 14 heavy (non-hydrogen) atoms. The number of nitrogens with one attached hydrogen (secondary N) is 1. The Bertz CT molecular complexity index is 414. The van der Waals surface area contributed by atoms with Gasteiger partial charge in [0.2, 0.25) is 10.0 Å². The third kappa shape index (κ3) is 3.29. The average Bonchev–Trinajstić information content (AvgIpc) is 2.01. The van der Waals surface area contributed by atoms with Crippen molar-refractivity contribution in [1.82, 2.24) is 10.2 Å². The lowest BCUT2D eigenvalue weighted by Crippen LogP contribution is -2.11. The number of nitrogens with zero attached hydrogens (tertiary/aromatic N) is 2. The van der Waals surface area contributed by atoms with Crippen LogP contribution in [0.15, 0.2) is 12.3 Å². The molecule has 0 aliphatic rings. The lowest BCUT2D eigenvalue weighted by molar-refractivity contribution is 0.606. The van der Waals surface area contributed by atoms with Gasteiger partial charge in [0.1, 0.15) is 0 Å². The largest absolute Gasteiger partial charge is 0.266 e. The maximum Gasteiger partial charge on any atom is 0.231 e. The molecule has 1 rings (SSSR count). The Morgan fingerprint density at radius 3 is 2.57 bits per heavy atom. The molecule has 0 spiro atoms. The van der Waals surface area contributed by atoms with Crippen molar-refractivity contribution in [1.29, 1.82) is 0 Å². The van der Waals surface area contributed by atoms with Gasteiger partial charge in [-0.15, -0.1) is 5.10 Å². The summed E-state index contributed by atoms with van der Waals surface area (Å²) in [5, 5.41) is 7.38. The normalized spacial score (nSPS) is 11.7. The first kappa shape index (κ1) is 10.9. The second-order valence-corrected chi connectivity index (χ2v) is 5.15. The molecular weight excluding hydrogens is 202 g/mol. The van der Waals surface area contributed by atoms with E-state index in [1.54, 1.807) is 12.3 Å². The van der Waals surface area contributed by atoms with E-state index in [2.05, 4.69) is 14.9 Å². The lowest BCUT2D eigenvalue weighted by atomic mass is 10.1. The molecule has 1 aromatic heterocycles. The van der Waals surface area contributed by atoms with Crippen LogP contribution >= 0.6 is 0 Å². The van der Waals surface area contributed by atoms with Crippen LogP contribution in [-0.4, -0.2) is 24.9 Å². The van der Waals surface area contributed by atoms with E-state index in [0.717, 1.165) is 11.8 Å². The second kappa shape index (κ2) is 3.91. The molecule has 1 heterocycles. The summed E-state index contributed by atoms with van der Waals surface area (Å²) >= 11 is 0. The van der Waals surface area contributed by atoms with Gasteiger partial charge in [-0.25, -0.2) is 8.42 Å². The summed E-state index contributed by atoms with van der Waals surface area (Å²) < 4.78 is 24.1. The molecule has 0 fully saturated rings. The van der Waals surface area contributed by atoms with Crippen molar-refractivity contribution >= 4 is 15.8 Å². The highest BCUT2D eigenvalue weighted by Crippen LogP contribution is 2.15. The Kier molecular flexibility index (Phi) is 3.05. The van der Waals surface area contributed by atoms with Crippen molar-refractivity contribution in [2.75, 3.05) is 11.0 Å². The van der Waals surface area contributed by atoms with Gasteiger partial charge in [-0.3, -0.25) is 4.72 Å². The number of rotatable bonds is 3. The summed E-state index contributed by atoms with van der Waals surface area (Å²) in [6, 6.07) is 1.68. The third-order valence-corrected chi connectivity index (χ3v) is 2.21. The molecular formula is C8H13N3O2S. The van der Waals surface area contributed by atoms with E-state index in [4.69, 9.17) is 0 Å². The Balaban J connectivity index is 2.95. The van der Waals surface area contributed by atoms with E-state index >= 15 is 0 Å². The molecule has 0 saturated heterocycles. The first-order valence-electron chi connectivity index (χ1n) is 4.19. The van der Waals surface area contributed by atoms with E-state index in [0.29, 0.717) is 5.92 Å². The molecule has 1 N–H and O–H groups in total. The molecule has 0 aliphatic heterocycles. The topological polar surface area (TPSA) is 72.0 Å². The molecule has 1 aromatic rings. The number of aromatic nitrogens is 2. The fourth-order valence-corrected chi connectivity index (χ4v) is 1.42. The highest BCUT2D eigenvalue weighted by molar-refractivity contribution is 7.92. The highest BCUT2D eigenvalue weighted by Gasteiger charge is 2.06. The summed E-state index contributed by atoms with van der Waals surface area (Å²) in [7, 11) is -3.27. The summed E-state index contributed by atoms with van der Waals surface area (Å²) in [5.74, 6) is 0.560. The Morgan fingerprint density at radius 2 is 2.07 bits per heavy atom. The molecule has 6 heteroatoms. The van der Waals surface area contributed by atoms with Crippen molar-refractivity contribution in [2.24, 2.45) is 0 Å². The van der Waals surface area contributed by atoms with Crippen LogP contribution in [0.4, 0.5) is 5.82 Å². The van der Waals surface area contributed by atoms with Gasteiger partial charge in [0, 0.05) is 0 Å². The van der Waals surface area contributed by atoms with E-state index in [1.807, 2.05) is 13.8 Å². The van der Waals surface area contributed by atoms with Gasteiger partial charge in [0.05, 0.1) is 12.5 Å². The minimum Gasteiger partial charge on any atom is -0.266 e. The number of anilines is 1. The average molecular weight is 215 g/mol. The van der Waals surface area contributed by atoms with Crippen LogP contribution in [0.3, 0.4) is 0 Å². The quantitative estimate of drug-likeness (QED) is 0.815. The third-order valence-electron chi connectivity index (χ3n) is 1.63. The molecule has 0 radical (unpaired) electrons. The molecule has 0 bridgehead atoms. The minimum absolute atomic E-state index is 0.263. The number of hydrogen-bond donors (Lipinski definition) is 1. The number of hydrogen-bond acceptors (Lipinski definition) is 4. The summed E-state index contributed by atoms with van der Waals surface area (Å²) in [6.45, 7) is 4.00. The summed E-state index contributed by atoms with van der Waals surface area (Å²) in [6.07, 6.45) is 2.70. The second-order valence-electron chi connectivity index (χ2n) is 3.40. The molecule has 78 valence electrons. The highest BCUT2D eigenvalue weighted by atomic mass is 32.2. The first-order valence-corrected chi connectivity index (χ1v) is 6.08. The predicted molar refractivity (Wildman–Crippen MR) is 54.6 cm³/mol. The Morgan fingerprint density at radius 1 is 1.43 bits per heavy atom. The van der Waals surface area contributed by atoms with Gasteiger partial charge in [0.15, 0.2) is 5.82 Å². The maximum atomic E-state index is 10.9. The standard InChI is InChI=1S/C8H13N3O2S/c1-6(2)7-4-8(10-9-5-7)11-14(3,12)13/h4-6H,1-3H3,(H,10,11). The van der Waals surface area contributed by atoms with Gasteiger partial charge < -0.3 is 0 Å². The predicted octanol–water partition coefficient (Wildman–Crippen LogP) is 0.972. The van der Waals surface area contributed by atoms with Crippen molar-refractivity contribution in [3.05, 3.63) is 17.8 Å². The minimum atomic E-state index is -3.27. The molecule has 0 unspecified atom stereocenters. The van der Waals surface area contributed by atoms with Gasteiger partial charge in [-0.05, 0) is 17.5 Å². The van der Waals surface area contributed by atoms with Crippen molar-refractivity contribution in [2.45, 2.75) is 19.8 Å². The zero-order chi connectivity index (χ0) is 10.8. The molecule has 0 aliphatic carbocycles. The number of sulfonamides is 1. The molecule has 0 aromatic carbocycles. The zero-order valence-corrected chi connectivity index (χ0v) is 9.17. The van der Waals surface area contributed by atoms with E-state index in [-0.39, 0.29) is 5.82 Å². The lowest BCUT2D eigenvalue weighted by Gasteiger charge is -2.06. The Labute approximate surface area is 83.6 Å². The van der Waals surface area contributed by atoms with Crippen molar-refractivity contribution < 1.29 is 8.42 Å². The van der Waals surface area contributed by atoms with Crippen LogP contribution in [0, 0.1) is 0 Å². The van der Waals surface area contributed by atoms with E-state index in [9.17, 15) is 8.42 Å². The van der Waals surface area contributed by atoms with Gasteiger partial charge >= 0.3 is 0 Å². The van der Waals surface area contributed by atoms with Crippen LogP contribution in [-0.2, 0) is 10.0 Å². The molecule has 0 atom stereocenters. The first-order chi connectivity index (χ1) is 6.38. The Hall–Kier alpha value is -1.17. The molecule has 0 amide bonds.